The summed E-state index contributed by atoms with van der Waals surface area (Å²) in [5.41, 5.74) is 0. The Morgan fingerprint density at radius 3 is 1.75 bits per heavy atom. The van der Waals surface area contributed by atoms with E-state index in [1.807, 2.05) is 0 Å². The number of hydrogen-bond acceptors (Lipinski definition) is 1. The summed E-state index contributed by atoms with van der Waals surface area (Å²) in [5.74, 6) is 0. The Morgan fingerprint density at radius 1 is 1.75 bits per heavy atom. The number of aliphatic hydroxyl groups is 1. The van der Waals surface area contributed by atoms with Crippen LogP contribution in [0.4, 0.5) is 0 Å². The second kappa shape index (κ2) is 9.28. The van der Waals surface area contributed by atoms with Crippen molar-refractivity contribution >= 4 is 0 Å². The summed E-state index contributed by atoms with van der Waals surface area (Å²) in [6.07, 6.45) is 5.40. The third kappa shape index (κ3) is 15.2. The van der Waals surface area contributed by atoms with E-state index in [9.17, 15) is 0 Å². The van der Waals surface area contributed by atoms with Crippen LogP contribution in [-0.2, 0) is 0 Å². The Balaban J connectivity index is 0. The van der Waals surface area contributed by atoms with Crippen LogP contribution >= 0.6 is 0 Å². The molecular weight excluding hydrogens is 180 g/mol. The molecule has 1 N–H and O–H groups in total. The van der Waals surface area contributed by atoms with Crippen molar-refractivity contribution < 1.29 is 46.9 Å². The zero-order valence-electron chi connectivity index (χ0n) is 2.02. The third-order valence-corrected chi connectivity index (χ3v) is 0. The van der Waals surface area contributed by atoms with Crippen molar-refractivity contribution in [2.75, 3.05) is 0 Å². The van der Waals surface area contributed by atoms with Gasteiger partial charge in [-0.1, -0.05) is 6.42 Å². The fourth-order valence-corrected chi connectivity index (χ4v) is 0. The molecule has 0 fully saturated rings. The molecule has 0 heterocycles. The number of hydrogen-bond donors (Lipinski definition) is 1. The molecule has 4 heavy (non-hydrogen) atoms. The largest absolute Gasteiger partial charge is 0.462 e. The van der Waals surface area contributed by atoms with Crippen molar-refractivity contribution in [1.82, 2.24) is 0 Å². The summed E-state index contributed by atoms with van der Waals surface area (Å²) in [6.45, 7) is 0. The summed E-state index contributed by atoms with van der Waals surface area (Å²) in [7, 11) is 0. The van der Waals surface area contributed by atoms with Gasteiger partial charge in [-0.05, 0) is 0 Å². The van der Waals surface area contributed by atoms with Crippen molar-refractivity contribution in [2.45, 2.75) is 0 Å². The van der Waals surface area contributed by atoms with Gasteiger partial charge in [-0.15, -0.1) is 0 Å². The number of aliphatic hydroxyl groups excluding tert-OH is 1. The molecule has 0 aliphatic heterocycles. The molecule has 0 rings (SSSR count). The smallest absolute Gasteiger partial charge is 0.103 e. The fourth-order valence-electron chi connectivity index (χ4n) is 0. The van der Waals surface area contributed by atoms with Gasteiger partial charge >= 0.3 is 0 Å². The quantitative estimate of drug-likeness (QED) is 0.521. The van der Waals surface area contributed by atoms with Crippen LogP contribution < -0.4 is 0 Å². The molecule has 0 unspecified atom stereocenters. The van der Waals surface area contributed by atoms with Gasteiger partial charge in [-0.25, -0.2) is 0 Å². The van der Waals surface area contributed by atoms with Gasteiger partial charge in [0.2, 0.25) is 0 Å². The standard InChI is InChI=1S/C2H2O.Ce/c1-2-3;/h1,3H;. The van der Waals surface area contributed by atoms with Crippen molar-refractivity contribution in [3.63, 3.8) is 0 Å². The monoisotopic (exact) mass is 182 g/mol. The number of rotatable bonds is 0. The Kier molecular flexibility index (Phi) is 20.5. The van der Waals surface area contributed by atoms with Crippen LogP contribution in [0.2, 0.25) is 0 Å². The van der Waals surface area contributed by atoms with Gasteiger partial charge in [-0.2, -0.15) is 0 Å². The SMILES string of the molecule is C#CO.[Ce]. The number of terminal acetylenes is 1. The summed E-state index contributed by atoms with van der Waals surface area (Å²) in [6, 6.07) is 0. The zero-order valence-corrected chi connectivity index (χ0v) is 5.16. The van der Waals surface area contributed by atoms with Crippen molar-refractivity contribution in [2.24, 2.45) is 0 Å². The Morgan fingerprint density at radius 2 is 1.75 bits per heavy atom. The van der Waals surface area contributed by atoms with Crippen LogP contribution in [-0.4, -0.2) is 5.11 Å². The maximum absolute atomic E-state index is 7.10. The molecule has 0 aliphatic rings. The minimum absolute atomic E-state index is 0. The average molecular weight is 182 g/mol. The molecule has 0 atom stereocenters. The fraction of sp³-hybridized carbons (Fsp3) is 0. The molecule has 20 valence electrons. The van der Waals surface area contributed by atoms with Gasteiger partial charge in [0.05, 0.1) is 0 Å². The summed E-state index contributed by atoms with van der Waals surface area (Å²) >= 11 is 0. The van der Waals surface area contributed by atoms with Crippen LogP contribution in [0.25, 0.3) is 0 Å². The van der Waals surface area contributed by atoms with E-state index >= 15 is 0 Å². The van der Waals surface area contributed by atoms with Gasteiger partial charge in [0, 0.05) is 41.7 Å². The molecule has 0 saturated heterocycles. The average Bonchev–Trinajstić information content (AvgIpc) is 0.918. The van der Waals surface area contributed by atoms with Crippen LogP contribution in [0.3, 0.4) is 0 Å². The molecule has 0 aromatic carbocycles. The molecule has 1 nitrogen and oxygen atoms in total. The normalized spacial score (nSPS) is 1.75. The molecule has 0 spiro atoms. The van der Waals surface area contributed by atoms with Gasteiger partial charge in [-0.3, -0.25) is 0 Å². The Bertz CT molecular complexity index is 27.5. The first-order chi connectivity index (χ1) is 1.41. The molecular formula is C2H2CeO. The first kappa shape index (κ1) is 8.83. The molecule has 0 bridgehead atoms. The molecule has 0 aromatic heterocycles. The van der Waals surface area contributed by atoms with E-state index < -0.39 is 0 Å². The summed E-state index contributed by atoms with van der Waals surface area (Å²) in [5, 5.41) is 7.10. The zero-order chi connectivity index (χ0) is 2.71. The Hall–Kier alpha value is 0.737. The van der Waals surface area contributed by atoms with E-state index in [0.29, 0.717) is 0 Å². The maximum atomic E-state index is 7.10. The van der Waals surface area contributed by atoms with Crippen molar-refractivity contribution in [3.8, 4) is 12.5 Å². The van der Waals surface area contributed by atoms with Gasteiger partial charge in [0.1, 0.15) is 6.11 Å². The molecule has 0 aliphatic carbocycles. The second-order valence-corrected chi connectivity index (χ2v) is 0.129. The van der Waals surface area contributed by atoms with Crippen LogP contribution in [0.5, 0.6) is 0 Å². The molecule has 0 saturated carbocycles. The second-order valence-electron chi connectivity index (χ2n) is 0.129. The molecule has 2 heteroatoms. The topological polar surface area (TPSA) is 20.2 Å². The van der Waals surface area contributed by atoms with E-state index in [2.05, 4.69) is 6.42 Å². The van der Waals surface area contributed by atoms with E-state index in [4.69, 9.17) is 5.11 Å². The van der Waals surface area contributed by atoms with E-state index in [1.54, 1.807) is 0 Å². The first-order valence-electron chi connectivity index (χ1n) is 0.512. The van der Waals surface area contributed by atoms with Crippen LogP contribution in [0.1, 0.15) is 0 Å². The molecule has 0 radical (unpaired) electrons. The van der Waals surface area contributed by atoms with Gasteiger partial charge in [0.15, 0.2) is 0 Å². The molecule has 0 aromatic rings. The van der Waals surface area contributed by atoms with Crippen molar-refractivity contribution in [1.29, 1.82) is 0 Å². The van der Waals surface area contributed by atoms with Crippen LogP contribution in [0, 0.1) is 54.3 Å². The van der Waals surface area contributed by atoms with Crippen LogP contribution in [0.15, 0.2) is 0 Å². The van der Waals surface area contributed by atoms with Crippen molar-refractivity contribution in [3.05, 3.63) is 0 Å². The Labute approximate surface area is 58.8 Å². The summed E-state index contributed by atoms with van der Waals surface area (Å²) in [4.78, 5) is 0. The van der Waals surface area contributed by atoms with Gasteiger partial charge < -0.3 is 5.11 Å². The predicted octanol–water partition coefficient (Wildman–Crippen LogP) is -0.0504. The minimum Gasteiger partial charge on any atom is -0.462 e. The first-order valence-corrected chi connectivity index (χ1v) is 0.512. The van der Waals surface area contributed by atoms with E-state index in [-0.39, 0.29) is 41.7 Å². The third-order valence-electron chi connectivity index (χ3n) is 0. The predicted molar refractivity (Wildman–Crippen MR) is 10.8 cm³/mol. The molecule has 0 amide bonds. The summed E-state index contributed by atoms with van der Waals surface area (Å²) < 4.78 is 0. The van der Waals surface area contributed by atoms with E-state index in [1.165, 1.54) is 6.11 Å². The maximum Gasteiger partial charge on any atom is 0.103 e. The van der Waals surface area contributed by atoms with Gasteiger partial charge in [0.25, 0.3) is 0 Å². The minimum atomic E-state index is 0. The van der Waals surface area contributed by atoms with E-state index in [0.717, 1.165) is 0 Å².